The van der Waals surface area contributed by atoms with Crippen LogP contribution in [-0.2, 0) is 65.4 Å². The smallest absolute Gasteiger partial charge is 0.462 e. The third-order valence-corrected chi connectivity index (χ3v) is 19.0. The molecule has 0 amide bonds. The zero-order valence-corrected chi connectivity index (χ0v) is 62.7. The minimum Gasteiger partial charge on any atom is -0.462 e. The van der Waals surface area contributed by atoms with Gasteiger partial charge in [0.15, 0.2) is 12.2 Å². The number of unbranched alkanes of at least 4 members (excludes halogenated alkanes) is 37. The Labute approximate surface area is 568 Å². The van der Waals surface area contributed by atoms with Gasteiger partial charge in [-0.25, -0.2) is 9.13 Å². The summed E-state index contributed by atoms with van der Waals surface area (Å²) in [6.07, 6.45) is 47.6. The van der Waals surface area contributed by atoms with Crippen molar-refractivity contribution in [1.82, 2.24) is 0 Å². The second-order valence-electron chi connectivity index (χ2n) is 28.6. The van der Waals surface area contributed by atoms with Crippen LogP contribution in [0.15, 0.2) is 0 Å². The van der Waals surface area contributed by atoms with Crippen molar-refractivity contribution in [3.63, 3.8) is 0 Å². The number of phosphoric ester groups is 2. The molecule has 0 spiro atoms. The van der Waals surface area contributed by atoms with Gasteiger partial charge in [-0.15, -0.1) is 0 Å². The van der Waals surface area contributed by atoms with Crippen molar-refractivity contribution in [2.75, 3.05) is 39.6 Å². The van der Waals surface area contributed by atoms with E-state index in [9.17, 15) is 43.2 Å². The molecule has 0 aliphatic heterocycles. The van der Waals surface area contributed by atoms with Crippen molar-refractivity contribution >= 4 is 39.5 Å². The maximum absolute atomic E-state index is 13.0. The number of aliphatic hydroxyl groups is 1. The molecule has 0 rings (SSSR count). The van der Waals surface area contributed by atoms with E-state index in [0.717, 1.165) is 108 Å². The van der Waals surface area contributed by atoms with Gasteiger partial charge in [0.05, 0.1) is 26.4 Å². The highest BCUT2D eigenvalue weighted by molar-refractivity contribution is 7.47. The van der Waals surface area contributed by atoms with E-state index < -0.39 is 97.5 Å². The van der Waals surface area contributed by atoms with E-state index in [2.05, 4.69) is 55.4 Å². The molecule has 0 saturated heterocycles. The molecule has 0 aromatic heterocycles. The lowest BCUT2D eigenvalue weighted by atomic mass is 10.0. The molecule has 5 atom stereocenters. The summed E-state index contributed by atoms with van der Waals surface area (Å²) in [6, 6.07) is 0. The maximum atomic E-state index is 13.0. The van der Waals surface area contributed by atoms with Gasteiger partial charge in [0.2, 0.25) is 0 Å². The Morgan fingerprint density at radius 3 is 0.667 bits per heavy atom. The van der Waals surface area contributed by atoms with Crippen LogP contribution < -0.4 is 0 Å². The predicted octanol–water partition coefficient (Wildman–Crippen LogP) is 21.3. The minimum absolute atomic E-state index is 0.102. The summed E-state index contributed by atoms with van der Waals surface area (Å²) >= 11 is 0. The Morgan fingerprint density at radius 1 is 0.269 bits per heavy atom. The Kier molecular flexibility index (Phi) is 62.2. The summed E-state index contributed by atoms with van der Waals surface area (Å²) in [7, 11) is -9.91. The second kappa shape index (κ2) is 63.5. The third-order valence-electron chi connectivity index (χ3n) is 17.1. The minimum atomic E-state index is -4.95. The molecule has 0 bridgehead atoms. The Morgan fingerprint density at radius 2 is 0.452 bits per heavy atom. The Balaban J connectivity index is 5.15. The van der Waals surface area contributed by atoms with Gasteiger partial charge in [-0.2, -0.15) is 0 Å². The van der Waals surface area contributed by atoms with Crippen LogP contribution in [0, 0.1) is 23.7 Å². The van der Waals surface area contributed by atoms with E-state index in [1.54, 1.807) is 0 Å². The molecule has 0 radical (unpaired) electrons. The van der Waals surface area contributed by atoms with Crippen LogP contribution in [0.2, 0.25) is 0 Å². The molecule has 93 heavy (non-hydrogen) atoms. The monoisotopic (exact) mass is 1370 g/mol. The van der Waals surface area contributed by atoms with Gasteiger partial charge in [-0.3, -0.25) is 37.3 Å². The van der Waals surface area contributed by atoms with Crippen LogP contribution in [0.3, 0.4) is 0 Å². The van der Waals surface area contributed by atoms with E-state index in [0.29, 0.717) is 37.5 Å². The first-order valence-electron chi connectivity index (χ1n) is 38.2. The quantitative estimate of drug-likeness (QED) is 0.0222. The zero-order valence-electron chi connectivity index (χ0n) is 60.9. The number of aliphatic hydroxyl groups excluding tert-OH is 1. The van der Waals surface area contributed by atoms with Gasteiger partial charge in [0, 0.05) is 25.7 Å². The van der Waals surface area contributed by atoms with Crippen molar-refractivity contribution in [3.8, 4) is 0 Å². The summed E-state index contributed by atoms with van der Waals surface area (Å²) in [5, 5.41) is 10.6. The molecule has 0 aliphatic carbocycles. The molecule has 0 aromatic rings. The fourth-order valence-electron chi connectivity index (χ4n) is 11.2. The first kappa shape index (κ1) is 91.1. The van der Waals surface area contributed by atoms with E-state index in [-0.39, 0.29) is 25.7 Å². The van der Waals surface area contributed by atoms with E-state index in [1.165, 1.54) is 167 Å². The van der Waals surface area contributed by atoms with E-state index in [4.69, 9.17) is 37.0 Å². The third kappa shape index (κ3) is 68.4. The number of carbonyl (C=O) groups excluding carboxylic acids is 4. The lowest BCUT2D eigenvalue weighted by molar-refractivity contribution is -0.161. The number of ether oxygens (including phenoxy) is 4. The Hall–Kier alpha value is -1.94. The van der Waals surface area contributed by atoms with E-state index >= 15 is 0 Å². The van der Waals surface area contributed by atoms with Crippen molar-refractivity contribution in [2.24, 2.45) is 23.7 Å². The Bertz CT molecular complexity index is 1830. The molecular weight excluding hydrogens is 1220 g/mol. The zero-order chi connectivity index (χ0) is 68.9. The molecule has 0 aromatic carbocycles. The molecule has 3 unspecified atom stereocenters. The molecule has 0 fully saturated rings. The molecule has 19 heteroatoms. The summed E-state index contributed by atoms with van der Waals surface area (Å²) < 4.78 is 68.3. The molecule has 0 heterocycles. The molecule has 0 saturated carbocycles. The predicted molar refractivity (Wildman–Crippen MR) is 377 cm³/mol. The summed E-state index contributed by atoms with van der Waals surface area (Å²) in [6.45, 7) is 14.1. The fraction of sp³-hybridized carbons (Fsp3) is 0.946. The van der Waals surface area contributed by atoms with Crippen molar-refractivity contribution < 1.29 is 80.2 Å². The van der Waals surface area contributed by atoms with Gasteiger partial charge in [-0.1, -0.05) is 319 Å². The standard InChI is InChI=1S/C74H144O17P2/c1-64(2)50-42-34-26-22-18-14-10-9-11-16-20-24-28-38-46-54-71(76)84-60-70(91-74(79)57-49-41-33-31-37-45-53-67(7)8)63-89-93(82,83)87-59-68(75)58-86-92(80,81)88-62-69(61-85-72(77)55-47-39-32-30-36-44-52-66(5)6)90-73(78)56-48-40-29-25-21-17-13-12-15-19-23-27-35-43-51-65(3)4/h64-70,75H,9-63H2,1-8H3,(H,80,81)(H,82,83)/t68?,69-,70-/m1/s1. The molecule has 552 valence electrons. The topological polar surface area (TPSA) is 237 Å². The highest BCUT2D eigenvalue weighted by Crippen LogP contribution is 2.45. The molecular formula is C74H144O17P2. The lowest BCUT2D eigenvalue weighted by Gasteiger charge is -2.21. The van der Waals surface area contributed by atoms with Crippen molar-refractivity contribution in [1.29, 1.82) is 0 Å². The van der Waals surface area contributed by atoms with Crippen molar-refractivity contribution in [3.05, 3.63) is 0 Å². The van der Waals surface area contributed by atoms with Gasteiger partial charge < -0.3 is 33.8 Å². The number of esters is 4. The molecule has 0 aliphatic rings. The normalized spacial score (nSPS) is 14.2. The largest absolute Gasteiger partial charge is 0.472 e. The summed E-state index contributed by atoms with van der Waals surface area (Å²) in [5.74, 6) is 0.820. The van der Waals surface area contributed by atoms with Crippen LogP contribution in [0.4, 0.5) is 0 Å². The number of hydrogen-bond acceptors (Lipinski definition) is 15. The fourth-order valence-corrected chi connectivity index (χ4v) is 12.8. The van der Waals surface area contributed by atoms with Gasteiger partial charge in [0.25, 0.3) is 0 Å². The van der Waals surface area contributed by atoms with Crippen LogP contribution in [-0.4, -0.2) is 96.7 Å². The SMILES string of the molecule is CC(C)CCCCCCCCCCCCCCCCCC(=O)OC[C@H](COP(=O)(O)OCC(O)COP(=O)(O)OC[C@@H](COC(=O)CCCCCCCCC(C)C)OC(=O)CCCCCCCCCCCCCCCCC(C)C)OC(=O)CCCCCCCCC(C)C. The van der Waals surface area contributed by atoms with Crippen molar-refractivity contribution in [2.45, 2.75) is 388 Å². The number of hydrogen-bond donors (Lipinski definition) is 3. The van der Waals surface area contributed by atoms with Gasteiger partial charge in [-0.05, 0) is 49.4 Å². The number of phosphoric acid groups is 2. The second-order valence-corrected chi connectivity index (χ2v) is 31.5. The lowest BCUT2D eigenvalue weighted by Crippen LogP contribution is -2.30. The van der Waals surface area contributed by atoms with Gasteiger partial charge >= 0.3 is 39.5 Å². The summed E-state index contributed by atoms with van der Waals surface area (Å²) in [5.41, 5.74) is 0. The van der Waals surface area contributed by atoms with Crippen LogP contribution >= 0.6 is 15.6 Å². The number of carbonyl (C=O) groups is 4. The van der Waals surface area contributed by atoms with E-state index in [1.807, 2.05) is 0 Å². The van der Waals surface area contributed by atoms with Crippen LogP contribution in [0.25, 0.3) is 0 Å². The number of rotatable bonds is 71. The average molecular weight is 1370 g/mol. The highest BCUT2D eigenvalue weighted by Gasteiger charge is 2.30. The summed E-state index contributed by atoms with van der Waals surface area (Å²) in [4.78, 5) is 72.6. The first-order chi connectivity index (χ1) is 44.6. The molecule has 3 N–H and O–H groups in total. The molecule has 17 nitrogen and oxygen atoms in total. The highest BCUT2D eigenvalue weighted by atomic mass is 31.2. The first-order valence-corrected chi connectivity index (χ1v) is 41.2. The maximum Gasteiger partial charge on any atom is 0.472 e. The van der Waals surface area contributed by atoms with Crippen LogP contribution in [0.5, 0.6) is 0 Å². The van der Waals surface area contributed by atoms with Crippen LogP contribution in [0.1, 0.15) is 370 Å². The van der Waals surface area contributed by atoms with Gasteiger partial charge in [0.1, 0.15) is 19.3 Å². The average Bonchev–Trinajstić information content (AvgIpc) is 3.08.